The van der Waals surface area contributed by atoms with Gasteiger partial charge in [-0.05, 0) is 38.5 Å². The van der Waals surface area contributed by atoms with Gasteiger partial charge in [0.2, 0.25) is 0 Å². The van der Waals surface area contributed by atoms with Gasteiger partial charge in [0.05, 0.1) is 0 Å². The average molecular weight is 265 g/mol. The monoisotopic (exact) mass is 265 g/mol. The van der Waals surface area contributed by atoms with Crippen LogP contribution in [0.25, 0.3) is 0 Å². The lowest BCUT2D eigenvalue weighted by atomic mass is 10.2. The SMILES string of the molecule is Cc1cccc(OC(C)C(=O)N(C)C(C)C(=O)O)c1. The molecule has 0 aliphatic rings. The van der Waals surface area contributed by atoms with Crippen LogP contribution < -0.4 is 4.74 Å². The number of hydrogen-bond donors (Lipinski definition) is 1. The van der Waals surface area contributed by atoms with Gasteiger partial charge in [-0.25, -0.2) is 4.79 Å². The Labute approximate surface area is 112 Å². The number of aryl methyl sites for hydroxylation is 1. The Bertz CT molecular complexity index is 472. The van der Waals surface area contributed by atoms with Crippen LogP contribution in [-0.2, 0) is 9.59 Å². The van der Waals surface area contributed by atoms with Gasteiger partial charge in [-0.2, -0.15) is 0 Å². The number of rotatable bonds is 5. The molecule has 0 fully saturated rings. The number of nitrogens with zero attached hydrogens (tertiary/aromatic N) is 1. The van der Waals surface area contributed by atoms with Crippen molar-refractivity contribution in [3.8, 4) is 5.75 Å². The van der Waals surface area contributed by atoms with Gasteiger partial charge >= 0.3 is 5.97 Å². The lowest BCUT2D eigenvalue weighted by Gasteiger charge is -2.25. The summed E-state index contributed by atoms with van der Waals surface area (Å²) in [5.74, 6) is -0.813. The van der Waals surface area contributed by atoms with Crippen molar-refractivity contribution in [3.63, 3.8) is 0 Å². The van der Waals surface area contributed by atoms with Crippen LogP contribution in [0.2, 0.25) is 0 Å². The van der Waals surface area contributed by atoms with Crippen molar-refractivity contribution in [3.05, 3.63) is 29.8 Å². The van der Waals surface area contributed by atoms with Gasteiger partial charge in [-0.3, -0.25) is 4.79 Å². The highest BCUT2D eigenvalue weighted by Crippen LogP contribution is 2.15. The van der Waals surface area contributed by atoms with Gasteiger partial charge in [0.25, 0.3) is 5.91 Å². The highest BCUT2D eigenvalue weighted by Gasteiger charge is 2.26. The summed E-state index contributed by atoms with van der Waals surface area (Å²) in [4.78, 5) is 24.0. The van der Waals surface area contributed by atoms with Crippen LogP contribution in [0.15, 0.2) is 24.3 Å². The predicted octanol–water partition coefficient (Wildman–Crippen LogP) is 1.69. The maximum atomic E-state index is 12.0. The summed E-state index contributed by atoms with van der Waals surface area (Å²) in [5.41, 5.74) is 1.03. The van der Waals surface area contributed by atoms with Crippen molar-refractivity contribution < 1.29 is 19.4 Å². The number of carboxylic acid groups (broad SMARTS) is 1. The number of carbonyl (C=O) groups excluding carboxylic acids is 1. The Balaban J connectivity index is 2.70. The quantitative estimate of drug-likeness (QED) is 0.879. The zero-order valence-corrected chi connectivity index (χ0v) is 11.6. The lowest BCUT2D eigenvalue weighted by Crippen LogP contribution is -2.46. The van der Waals surface area contributed by atoms with E-state index in [1.807, 2.05) is 25.1 Å². The van der Waals surface area contributed by atoms with Gasteiger partial charge in [0.15, 0.2) is 6.10 Å². The molecule has 2 atom stereocenters. The minimum absolute atomic E-state index is 0.364. The fourth-order valence-electron chi connectivity index (χ4n) is 1.59. The summed E-state index contributed by atoms with van der Waals surface area (Å²) in [6.07, 6.45) is -0.728. The van der Waals surface area contributed by atoms with Crippen molar-refractivity contribution >= 4 is 11.9 Å². The molecule has 5 nitrogen and oxygen atoms in total. The standard InChI is InChI=1S/C14H19NO4/c1-9-6-5-7-12(8-9)19-11(3)13(16)15(4)10(2)14(17)18/h5-8,10-11H,1-4H3,(H,17,18). The van der Waals surface area contributed by atoms with Gasteiger partial charge in [0, 0.05) is 7.05 Å². The first kappa shape index (κ1) is 15.0. The molecular formula is C14H19NO4. The fraction of sp³-hybridized carbons (Fsp3) is 0.429. The van der Waals surface area contributed by atoms with Gasteiger partial charge in [0.1, 0.15) is 11.8 Å². The first-order chi connectivity index (χ1) is 8.82. The van der Waals surface area contributed by atoms with E-state index in [1.54, 1.807) is 13.0 Å². The average Bonchev–Trinajstić information content (AvgIpc) is 2.35. The summed E-state index contributed by atoms with van der Waals surface area (Å²) in [7, 11) is 1.46. The van der Waals surface area contributed by atoms with Crippen LogP contribution in [0.4, 0.5) is 0 Å². The molecule has 5 heteroatoms. The molecular weight excluding hydrogens is 246 g/mol. The molecule has 1 aromatic rings. The Morgan fingerprint density at radius 3 is 2.47 bits per heavy atom. The van der Waals surface area contributed by atoms with E-state index in [-0.39, 0.29) is 5.91 Å². The first-order valence-electron chi connectivity index (χ1n) is 6.05. The molecule has 0 aromatic heterocycles. The lowest BCUT2D eigenvalue weighted by molar-refractivity contribution is -0.150. The summed E-state index contributed by atoms with van der Waals surface area (Å²) < 4.78 is 5.52. The maximum absolute atomic E-state index is 12.0. The molecule has 2 unspecified atom stereocenters. The number of aliphatic carboxylic acids is 1. The molecule has 104 valence electrons. The molecule has 0 heterocycles. The molecule has 1 aromatic carbocycles. The van der Waals surface area contributed by atoms with Crippen molar-refractivity contribution in [1.82, 2.24) is 4.90 Å². The Morgan fingerprint density at radius 2 is 1.95 bits per heavy atom. The molecule has 0 bridgehead atoms. The minimum Gasteiger partial charge on any atom is -0.481 e. The second-order valence-corrected chi connectivity index (χ2v) is 4.54. The maximum Gasteiger partial charge on any atom is 0.326 e. The van der Waals surface area contributed by atoms with Crippen LogP contribution in [0, 0.1) is 6.92 Å². The molecule has 1 amide bonds. The highest BCUT2D eigenvalue weighted by atomic mass is 16.5. The van der Waals surface area contributed by atoms with Crippen LogP contribution in [0.5, 0.6) is 5.75 Å². The summed E-state index contributed by atoms with van der Waals surface area (Å²) >= 11 is 0. The minimum atomic E-state index is -1.04. The molecule has 0 saturated carbocycles. The third-order valence-electron chi connectivity index (χ3n) is 2.94. The molecule has 0 aliphatic carbocycles. The molecule has 1 N–H and O–H groups in total. The van der Waals surface area contributed by atoms with E-state index in [0.717, 1.165) is 5.56 Å². The number of carboxylic acids is 1. The molecule has 0 spiro atoms. The normalized spacial score (nSPS) is 13.5. The number of amides is 1. The van der Waals surface area contributed by atoms with Gasteiger partial charge in [-0.15, -0.1) is 0 Å². The zero-order chi connectivity index (χ0) is 14.6. The van der Waals surface area contributed by atoms with Gasteiger partial charge < -0.3 is 14.7 Å². The van der Waals surface area contributed by atoms with Crippen LogP contribution in [0.1, 0.15) is 19.4 Å². The fourth-order valence-corrected chi connectivity index (χ4v) is 1.59. The van der Waals surface area contributed by atoms with E-state index in [4.69, 9.17) is 9.84 Å². The Hall–Kier alpha value is -2.04. The predicted molar refractivity (Wildman–Crippen MR) is 71.1 cm³/mol. The Morgan fingerprint density at radius 1 is 1.32 bits per heavy atom. The number of likely N-dealkylation sites (N-methyl/N-ethyl adjacent to an activating group) is 1. The van der Waals surface area contributed by atoms with E-state index in [0.29, 0.717) is 5.75 Å². The van der Waals surface area contributed by atoms with Crippen LogP contribution in [-0.4, -0.2) is 41.1 Å². The zero-order valence-electron chi connectivity index (χ0n) is 11.6. The molecule has 1 rings (SSSR count). The van der Waals surface area contributed by atoms with E-state index in [9.17, 15) is 9.59 Å². The second-order valence-electron chi connectivity index (χ2n) is 4.54. The topological polar surface area (TPSA) is 66.8 Å². The van der Waals surface area contributed by atoms with E-state index in [1.165, 1.54) is 18.9 Å². The van der Waals surface area contributed by atoms with Crippen LogP contribution >= 0.6 is 0 Å². The number of carbonyl (C=O) groups is 2. The smallest absolute Gasteiger partial charge is 0.326 e. The second kappa shape index (κ2) is 6.22. The number of hydrogen-bond acceptors (Lipinski definition) is 3. The number of benzene rings is 1. The largest absolute Gasteiger partial charge is 0.481 e. The van der Waals surface area contributed by atoms with Crippen molar-refractivity contribution in [2.24, 2.45) is 0 Å². The van der Waals surface area contributed by atoms with Crippen molar-refractivity contribution in [1.29, 1.82) is 0 Å². The molecule has 0 radical (unpaired) electrons. The van der Waals surface area contributed by atoms with Gasteiger partial charge in [-0.1, -0.05) is 12.1 Å². The third-order valence-corrected chi connectivity index (χ3v) is 2.94. The summed E-state index contributed by atoms with van der Waals surface area (Å²) in [6.45, 7) is 4.99. The van der Waals surface area contributed by atoms with Crippen molar-refractivity contribution in [2.75, 3.05) is 7.05 Å². The number of ether oxygens (including phenoxy) is 1. The summed E-state index contributed by atoms with van der Waals surface area (Å²) in [6, 6.07) is 6.47. The molecule has 0 saturated heterocycles. The summed E-state index contributed by atoms with van der Waals surface area (Å²) in [5, 5.41) is 8.87. The van der Waals surface area contributed by atoms with E-state index >= 15 is 0 Å². The first-order valence-corrected chi connectivity index (χ1v) is 6.05. The molecule has 0 aliphatic heterocycles. The van der Waals surface area contributed by atoms with Crippen molar-refractivity contribution in [2.45, 2.75) is 32.9 Å². The van der Waals surface area contributed by atoms with Crippen LogP contribution in [0.3, 0.4) is 0 Å². The highest BCUT2D eigenvalue weighted by molar-refractivity contribution is 5.85. The van der Waals surface area contributed by atoms with E-state index < -0.39 is 18.1 Å². The third kappa shape index (κ3) is 3.98. The van der Waals surface area contributed by atoms with E-state index in [2.05, 4.69) is 0 Å². The Kier molecular flexibility index (Phi) is 4.92. The molecule has 19 heavy (non-hydrogen) atoms.